The van der Waals surface area contributed by atoms with Crippen LogP contribution in [0.5, 0.6) is 17.2 Å². The van der Waals surface area contributed by atoms with E-state index < -0.39 is 6.36 Å². The highest BCUT2D eigenvalue weighted by atomic mass is 19.4. The van der Waals surface area contributed by atoms with Gasteiger partial charge in [0, 0.05) is 24.2 Å². The lowest BCUT2D eigenvalue weighted by Gasteiger charge is -2.12. The number of hydrogen-bond donors (Lipinski definition) is 0. The van der Waals surface area contributed by atoms with E-state index in [0.717, 1.165) is 23.3 Å². The quantitative estimate of drug-likeness (QED) is 0.697. The Morgan fingerprint density at radius 1 is 0.920 bits per heavy atom. The third-order valence-electron chi connectivity index (χ3n) is 3.76. The highest BCUT2D eigenvalue weighted by molar-refractivity contribution is 5.81. The second kappa shape index (κ2) is 6.16. The minimum Gasteiger partial charge on any atom is -0.457 e. The van der Waals surface area contributed by atoms with Gasteiger partial charge in [-0.3, -0.25) is 4.79 Å². The van der Waals surface area contributed by atoms with Crippen molar-refractivity contribution >= 4 is 10.9 Å². The van der Waals surface area contributed by atoms with Crippen molar-refractivity contribution in [3.63, 3.8) is 0 Å². The van der Waals surface area contributed by atoms with Crippen molar-refractivity contribution in [1.82, 2.24) is 4.57 Å². The van der Waals surface area contributed by atoms with Gasteiger partial charge in [-0.25, -0.2) is 0 Å². The van der Waals surface area contributed by atoms with Crippen LogP contribution in [0, 0.1) is 6.92 Å². The molecule has 1 heterocycles. The standard InChI is InChI=1S/C18H14F3NO3/c1-11-9-17(23)15-10-14(7-8-16(15)22(11)2)24-12-3-5-13(6-4-12)25-18(19,20)21/h3-10H,1-2H3. The van der Waals surface area contributed by atoms with Crippen LogP contribution in [-0.2, 0) is 7.05 Å². The first-order valence-corrected chi connectivity index (χ1v) is 7.37. The molecule has 7 heteroatoms. The molecule has 3 rings (SSSR count). The van der Waals surface area contributed by atoms with Crippen molar-refractivity contribution < 1.29 is 22.6 Å². The van der Waals surface area contributed by atoms with Crippen LogP contribution in [0.3, 0.4) is 0 Å². The Kier molecular flexibility index (Phi) is 4.16. The summed E-state index contributed by atoms with van der Waals surface area (Å²) in [4.78, 5) is 12.1. The number of rotatable bonds is 3. The van der Waals surface area contributed by atoms with Crippen molar-refractivity contribution in [1.29, 1.82) is 0 Å². The van der Waals surface area contributed by atoms with Crippen LogP contribution in [0.1, 0.15) is 5.69 Å². The number of aromatic nitrogens is 1. The average molecular weight is 349 g/mol. The van der Waals surface area contributed by atoms with Gasteiger partial charge in [0.15, 0.2) is 5.43 Å². The van der Waals surface area contributed by atoms with Crippen LogP contribution >= 0.6 is 0 Å². The summed E-state index contributed by atoms with van der Waals surface area (Å²) < 4.78 is 47.8. The molecular formula is C18H14F3NO3. The molecule has 0 saturated carbocycles. The maximum Gasteiger partial charge on any atom is 0.573 e. The zero-order valence-electron chi connectivity index (χ0n) is 13.4. The van der Waals surface area contributed by atoms with Crippen molar-refractivity contribution in [2.45, 2.75) is 13.3 Å². The van der Waals surface area contributed by atoms with Crippen LogP contribution in [0.4, 0.5) is 13.2 Å². The van der Waals surface area contributed by atoms with Gasteiger partial charge in [-0.2, -0.15) is 0 Å². The normalized spacial score (nSPS) is 11.6. The lowest BCUT2D eigenvalue weighted by atomic mass is 10.1. The minimum atomic E-state index is -4.74. The minimum absolute atomic E-state index is 0.120. The van der Waals surface area contributed by atoms with E-state index >= 15 is 0 Å². The molecule has 0 amide bonds. The zero-order chi connectivity index (χ0) is 18.2. The molecule has 1 aromatic heterocycles. The highest BCUT2D eigenvalue weighted by Gasteiger charge is 2.30. The van der Waals surface area contributed by atoms with E-state index in [1.807, 2.05) is 18.5 Å². The fourth-order valence-electron chi connectivity index (χ4n) is 2.47. The molecule has 25 heavy (non-hydrogen) atoms. The lowest BCUT2D eigenvalue weighted by molar-refractivity contribution is -0.274. The molecule has 0 aliphatic rings. The fraction of sp³-hybridized carbons (Fsp3) is 0.167. The van der Waals surface area contributed by atoms with E-state index in [2.05, 4.69) is 4.74 Å². The van der Waals surface area contributed by atoms with E-state index in [1.165, 1.54) is 18.2 Å². The Bertz CT molecular complexity index is 976. The monoisotopic (exact) mass is 349 g/mol. The van der Waals surface area contributed by atoms with Gasteiger partial charge >= 0.3 is 6.36 Å². The number of pyridine rings is 1. The van der Waals surface area contributed by atoms with Crippen molar-refractivity contribution in [2.24, 2.45) is 7.05 Å². The average Bonchev–Trinajstić information content (AvgIpc) is 2.53. The fourth-order valence-corrected chi connectivity index (χ4v) is 2.47. The molecule has 130 valence electrons. The number of nitrogens with zero attached hydrogens (tertiary/aromatic N) is 1. The van der Waals surface area contributed by atoms with Crippen molar-refractivity contribution in [3.8, 4) is 17.2 Å². The number of benzene rings is 2. The van der Waals surface area contributed by atoms with Gasteiger partial charge in [-0.05, 0) is 49.4 Å². The third kappa shape index (κ3) is 3.76. The largest absolute Gasteiger partial charge is 0.573 e. The summed E-state index contributed by atoms with van der Waals surface area (Å²) in [5.41, 5.74) is 1.49. The van der Waals surface area contributed by atoms with E-state index in [4.69, 9.17) is 4.74 Å². The first-order chi connectivity index (χ1) is 11.7. The number of halogens is 3. The second-order valence-electron chi connectivity index (χ2n) is 5.51. The Morgan fingerprint density at radius 3 is 2.16 bits per heavy atom. The van der Waals surface area contributed by atoms with Crippen LogP contribution in [0.2, 0.25) is 0 Å². The molecule has 0 aliphatic heterocycles. The maximum absolute atomic E-state index is 12.2. The van der Waals surface area contributed by atoms with Gasteiger partial charge in [0.25, 0.3) is 0 Å². The molecule has 4 nitrogen and oxygen atoms in total. The molecule has 0 saturated heterocycles. The molecule has 0 atom stereocenters. The molecule has 0 fully saturated rings. The van der Waals surface area contributed by atoms with E-state index in [1.54, 1.807) is 18.2 Å². The first kappa shape index (κ1) is 16.9. The Morgan fingerprint density at radius 2 is 1.52 bits per heavy atom. The predicted molar refractivity (Wildman–Crippen MR) is 87.1 cm³/mol. The van der Waals surface area contributed by atoms with Gasteiger partial charge in [0.05, 0.1) is 5.52 Å². The maximum atomic E-state index is 12.2. The Hall–Kier alpha value is -2.96. The van der Waals surface area contributed by atoms with Crippen molar-refractivity contribution in [2.75, 3.05) is 0 Å². The highest BCUT2D eigenvalue weighted by Crippen LogP contribution is 2.28. The predicted octanol–water partition coefficient (Wildman–Crippen LogP) is 4.54. The number of fused-ring (bicyclic) bond motifs is 1. The number of alkyl halides is 3. The van der Waals surface area contributed by atoms with E-state index in [0.29, 0.717) is 16.9 Å². The molecular weight excluding hydrogens is 335 g/mol. The second-order valence-corrected chi connectivity index (χ2v) is 5.51. The van der Waals surface area contributed by atoms with Gasteiger partial charge in [0.1, 0.15) is 17.2 Å². The topological polar surface area (TPSA) is 40.5 Å². The molecule has 0 bridgehead atoms. The molecule has 0 spiro atoms. The van der Waals surface area contributed by atoms with Crippen molar-refractivity contribution in [3.05, 3.63) is 64.4 Å². The molecule has 0 unspecified atom stereocenters. The summed E-state index contributed by atoms with van der Waals surface area (Å²) in [7, 11) is 1.86. The third-order valence-corrected chi connectivity index (χ3v) is 3.76. The van der Waals surface area contributed by atoms with Gasteiger partial charge in [-0.15, -0.1) is 13.2 Å². The van der Waals surface area contributed by atoms with Crippen LogP contribution < -0.4 is 14.9 Å². The number of aryl methyl sites for hydroxylation is 2. The summed E-state index contributed by atoms with van der Waals surface area (Å²) in [6.45, 7) is 1.84. The first-order valence-electron chi connectivity index (χ1n) is 7.37. The summed E-state index contributed by atoms with van der Waals surface area (Å²) in [5, 5.41) is 0.502. The van der Waals surface area contributed by atoms with E-state index in [-0.39, 0.29) is 11.2 Å². The summed E-state index contributed by atoms with van der Waals surface area (Å²) >= 11 is 0. The van der Waals surface area contributed by atoms with Crippen LogP contribution in [-0.4, -0.2) is 10.9 Å². The molecule has 2 aromatic carbocycles. The Labute approximate surface area is 141 Å². The van der Waals surface area contributed by atoms with Crippen LogP contribution in [0.15, 0.2) is 53.3 Å². The molecule has 0 N–H and O–H groups in total. The number of hydrogen-bond acceptors (Lipinski definition) is 3. The van der Waals surface area contributed by atoms with Gasteiger partial charge < -0.3 is 14.0 Å². The Balaban J connectivity index is 1.87. The summed E-state index contributed by atoms with van der Waals surface area (Å²) in [6, 6.07) is 11.6. The van der Waals surface area contributed by atoms with E-state index in [9.17, 15) is 18.0 Å². The summed E-state index contributed by atoms with van der Waals surface area (Å²) in [5.74, 6) is 0.415. The number of ether oxygens (including phenoxy) is 2. The smallest absolute Gasteiger partial charge is 0.457 e. The van der Waals surface area contributed by atoms with Gasteiger partial charge in [-0.1, -0.05) is 0 Å². The lowest BCUT2D eigenvalue weighted by Crippen LogP contribution is -2.16. The van der Waals surface area contributed by atoms with Crippen LogP contribution in [0.25, 0.3) is 10.9 Å². The molecule has 0 radical (unpaired) electrons. The molecule has 3 aromatic rings. The zero-order valence-corrected chi connectivity index (χ0v) is 13.4. The molecule has 0 aliphatic carbocycles. The summed E-state index contributed by atoms with van der Waals surface area (Å²) in [6.07, 6.45) is -4.74. The van der Waals surface area contributed by atoms with Gasteiger partial charge in [0.2, 0.25) is 0 Å². The SMILES string of the molecule is Cc1cc(=O)c2cc(Oc3ccc(OC(F)(F)F)cc3)ccc2n1C.